The van der Waals surface area contributed by atoms with E-state index in [0.29, 0.717) is 12.3 Å². The molecule has 0 aromatic rings. The third-order valence-electron chi connectivity index (χ3n) is 4.34. The van der Waals surface area contributed by atoms with Crippen molar-refractivity contribution in [3.63, 3.8) is 0 Å². The number of sulfone groups is 1. The minimum absolute atomic E-state index is 0.0945. The first-order valence-corrected chi connectivity index (χ1v) is 8.74. The molecule has 18 heavy (non-hydrogen) atoms. The van der Waals surface area contributed by atoms with E-state index >= 15 is 0 Å². The second-order valence-electron chi connectivity index (χ2n) is 5.62. The Labute approximate surface area is 109 Å². The van der Waals surface area contributed by atoms with Crippen LogP contribution in [0.25, 0.3) is 0 Å². The molecule has 4 atom stereocenters. The molecule has 0 amide bonds. The number of nitrogens with two attached hydrogens (primary N) is 1. The average Bonchev–Trinajstić information content (AvgIpc) is 2.83. The lowest BCUT2D eigenvalue weighted by Gasteiger charge is -2.36. The summed E-state index contributed by atoms with van der Waals surface area (Å²) in [5, 5.41) is -0.200. The van der Waals surface area contributed by atoms with Gasteiger partial charge in [-0.15, -0.1) is 0 Å². The topological polar surface area (TPSA) is 81.4 Å². The summed E-state index contributed by atoms with van der Waals surface area (Å²) in [6.45, 7) is 0.797. The molecule has 1 saturated carbocycles. The van der Waals surface area contributed by atoms with Crippen molar-refractivity contribution >= 4 is 9.84 Å². The lowest BCUT2D eigenvalue weighted by Crippen LogP contribution is -2.50. The molecule has 2 rings (SSSR count). The zero-order valence-electron chi connectivity index (χ0n) is 11.0. The molecule has 1 aliphatic heterocycles. The van der Waals surface area contributed by atoms with Crippen molar-refractivity contribution in [2.45, 2.75) is 55.9 Å². The first-order valence-electron chi connectivity index (χ1n) is 6.79. The molecule has 4 unspecified atom stereocenters. The minimum Gasteiger partial charge on any atom is -0.377 e. The quantitative estimate of drug-likeness (QED) is 0.580. The van der Waals surface area contributed by atoms with Crippen LogP contribution in [0.1, 0.15) is 38.5 Å². The largest absolute Gasteiger partial charge is 0.377 e. The molecule has 0 spiro atoms. The van der Waals surface area contributed by atoms with Gasteiger partial charge < -0.3 is 4.74 Å². The second kappa shape index (κ2) is 5.86. The zero-order chi connectivity index (χ0) is 13.2. The Morgan fingerprint density at radius 2 is 2.06 bits per heavy atom. The Morgan fingerprint density at radius 1 is 1.28 bits per heavy atom. The van der Waals surface area contributed by atoms with E-state index in [1.165, 1.54) is 6.26 Å². The van der Waals surface area contributed by atoms with Gasteiger partial charge in [0.05, 0.1) is 17.4 Å². The minimum atomic E-state index is -2.93. The van der Waals surface area contributed by atoms with Gasteiger partial charge >= 0.3 is 0 Å². The number of rotatable bonds is 4. The number of hydrazine groups is 1. The average molecular weight is 276 g/mol. The third kappa shape index (κ3) is 3.23. The summed E-state index contributed by atoms with van der Waals surface area (Å²) in [4.78, 5) is 0. The van der Waals surface area contributed by atoms with E-state index in [4.69, 9.17) is 10.6 Å². The fraction of sp³-hybridized carbons (Fsp3) is 1.00. The van der Waals surface area contributed by atoms with Crippen LogP contribution < -0.4 is 11.3 Å². The zero-order valence-corrected chi connectivity index (χ0v) is 11.8. The summed E-state index contributed by atoms with van der Waals surface area (Å²) in [6.07, 6.45) is 7.11. The van der Waals surface area contributed by atoms with Crippen LogP contribution in [0.2, 0.25) is 0 Å². The van der Waals surface area contributed by atoms with E-state index in [2.05, 4.69) is 5.43 Å². The fourth-order valence-electron chi connectivity index (χ4n) is 3.33. The normalized spacial score (nSPS) is 35.6. The lowest BCUT2D eigenvalue weighted by molar-refractivity contribution is 0.0499. The maximum Gasteiger partial charge on any atom is 0.150 e. The standard InChI is InChI=1S/C12H24N2O3S/c1-18(15,16)10-5-2-4-9(8-10)12(14-13)11-6-3-7-17-11/h9-12,14H,2-8,13H2,1H3. The highest BCUT2D eigenvalue weighted by Gasteiger charge is 2.37. The summed E-state index contributed by atoms with van der Waals surface area (Å²) < 4.78 is 29.1. The number of nitrogens with one attached hydrogen (secondary N) is 1. The van der Waals surface area contributed by atoms with E-state index < -0.39 is 9.84 Å². The van der Waals surface area contributed by atoms with Crippen LogP contribution in [-0.2, 0) is 14.6 Å². The molecule has 6 heteroatoms. The maximum absolute atomic E-state index is 11.7. The monoisotopic (exact) mass is 276 g/mol. The van der Waals surface area contributed by atoms with Gasteiger partial charge in [-0.25, -0.2) is 8.42 Å². The Kier molecular flexibility index (Phi) is 4.64. The molecule has 2 fully saturated rings. The molecule has 3 N–H and O–H groups in total. The highest BCUT2D eigenvalue weighted by Crippen LogP contribution is 2.33. The van der Waals surface area contributed by atoms with Gasteiger partial charge in [-0.1, -0.05) is 6.42 Å². The van der Waals surface area contributed by atoms with Crippen LogP contribution in [0.5, 0.6) is 0 Å². The van der Waals surface area contributed by atoms with Gasteiger partial charge in [-0.3, -0.25) is 11.3 Å². The van der Waals surface area contributed by atoms with Gasteiger partial charge in [-0.05, 0) is 38.0 Å². The molecule has 1 aliphatic carbocycles. The lowest BCUT2D eigenvalue weighted by atomic mass is 9.81. The van der Waals surface area contributed by atoms with Gasteiger partial charge in [0.2, 0.25) is 0 Å². The Hall–Kier alpha value is -0.170. The SMILES string of the molecule is CS(=O)(=O)C1CCCC(C(NN)C2CCCO2)C1. The summed E-state index contributed by atoms with van der Waals surface area (Å²) in [5.74, 6) is 5.97. The summed E-state index contributed by atoms with van der Waals surface area (Å²) >= 11 is 0. The second-order valence-corrected chi connectivity index (χ2v) is 7.95. The molecule has 1 heterocycles. The number of hydrogen-bond acceptors (Lipinski definition) is 5. The van der Waals surface area contributed by atoms with Crippen LogP contribution >= 0.6 is 0 Å². The summed E-state index contributed by atoms with van der Waals surface area (Å²) in [5.41, 5.74) is 2.87. The van der Waals surface area contributed by atoms with Crippen LogP contribution in [0.15, 0.2) is 0 Å². The van der Waals surface area contributed by atoms with Crippen LogP contribution in [0.4, 0.5) is 0 Å². The van der Waals surface area contributed by atoms with E-state index in [1.807, 2.05) is 0 Å². The number of ether oxygens (including phenoxy) is 1. The smallest absolute Gasteiger partial charge is 0.150 e. The Morgan fingerprint density at radius 3 is 2.61 bits per heavy atom. The van der Waals surface area contributed by atoms with Gasteiger partial charge in [0.15, 0.2) is 0 Å². The van der Waals surface area contributed by atoms with Gasteiger partial charge in [0.1, 0.15) is 9.84 Å². The van der Waals surface area contributed by atoms with Crippen molar-refractivity contribution in [1.29, 1.82) is 0 Å². The van der Waals surface area contributed by atoms with Gasteiger partial charge in [0.25, 0.3) is 0 Å². The van der Waals surface area contributed by atoms with Crippen LogP contribution in [0.3, 0.4) is 0 Å². The van der Waals surface area contributed by atoms with E-state index in [0.717, 1.165) is 38.7 Å². The molecule has 106 valence electrons. The highest BCUT2D eigenvalue weighted by atomic mass is 32.2. The summed E-state index contributed by atoms with van der Waals surface area (Å²) in [7, 11) is -2.93. The molecule has 0 radical (unpaired) electrons. The third-order valence-corrected chi connectivity index (χ3v) is 5.98. The summed E-state index contributed by atoms with van der Waals surface area (Å²) in [6, 6.07) is 0.0945. The Balaban J connectivity index is 2.02. The Bertz CT molecular complexity index is 366. The first-order chi connectivity index (χ1) is 8.52. The molecule has 2 aliphatic rings. The molecule has 0 bridgehead atoms. The molecular weight excluding hydrogens is 252 g/mol. The molecule has 5 nitrogen and oxygen atoms in total. The predicted molar refractivity (Wildman–Crippen MR) is 70.7 cm³/mol. The van der Waals surface area contributed by atoms with Crippen LogP contribution in [-0.4, -0.2) is 38.7 Å². The molecule has 0 aromatic heterocycles. The van der Waals surface area contributed by atoms with Crippen molar-refractivity contribution < 1.29 is 13.2 Å². The maximum atomic E-state index is 11.7. The number of hydrogen-bond donors (Lipinski definition) is 2. The van der Waals surface area contributed by atoms with Crippen molar-refractivity contribution in [2.24, 2.45) is 11.8 Å². The van der Waals surface area contributed by atoms with Crippen LogP contribution in [0, 0.1) is 5.92 Å². The molecule has 0 aromatic carbocycles. The van der Waals surface area contributed by atoms with Crippen molar-refractivity contribution in [3.8, 4) is 0 Å². The first kappa shape index (κ1) is 14.2. The van der Waals surface area contributed by atoms with Crippen molar-refractivity contribution in [1.82, 2.24) is 5.43 Å². The van der Waals surface area contributed by atoms with Crippen molar-refractivity contribution in [2.75, 3.05) is 12.9 Å². The van der Waals surface area contributed by atoms with E-state index in [1.54, 1.807) is 0 Å². The van der Waals surface area contributed by atoms with Gasteiger partial charge in [-0.2, -0.15) is 0 Å². The van der Waals surface area contributed by atoms with E-state index in [9.17, 15) is 8.42 Å². The van der Waals surface area contributed by atoms with E-state index in [-0.39, 0.29) is 17.4 Å². The molecular formula is C12H24N2O3S. The highest BCUT2D eigenvalue weighted by molar-refractivity contribution is 7.91. The van der Waals surface area contributed by atoms with Crippen molar-refractivity contribution in [3.05, 3.63) is 0 Å². The predicted octanol–water partition coefficient (Wildman–Crippen LogP) is 0.601. The molecule has 1 saturated heterocycles. The van der Waals surface area contributed by atoms with Gasteiger partial charge in [0, 0.05) is 12.9 Å². The fourth-order valence-corrected chi connectivity index (χ4v) is 4.52.